The van der Waals surface area contributed by atoms with Crippen LogP contribution in [0.5, 0.6) is 0 Å². The second-order valence-electron chi connectivity index (χ2n) is 2.27. The molecule has 1 unspecified atom stereocenters. The Kier molecular flexibility index (Phi) is 3.22. The van der Waals surface area contributed by atoms with Crippen molar-refractivity contribution in [1.82, 2.24) is 4.98 Å². The number of carbonyl (C=O) groups excluding carboxylic acids is 1. The van der Waals surface area contributed by atoms with Crippen molar-refractivity contribution in [2.24, 2.45) is 0 Å². The molecular weight excluding hydrogens is 242 g/mol. The number of hydrogen-bond donors (Lipinski definition) is 0. The van der Waals surface area contributed by atoms with Gasteiger partial charge in [0.1, 0.15) is 0 Å². The third kappa shape index (κ3) is 2.04. The maximum atomic E-state index is 11.0. The summed E-state index contributed by atoms with van der Waals surface area (Å²) < 4.78 is 5.37. The number of esters is 1. The maximum Gasteiger partial charge on any atom is 0.314 e. The van der Waals surface area contributed by atoms with Crippen LogP contribution in [0.4, 0.5) is 0 Å². The zero-order valence-corrected chi connectivity index (χ0v) is 9.11. The molecule has 1 atom stereocenters. The van der Waals surface area contributed by atoms with Crippen molar-refractivity contribution in [2.45, 2.75) is 12.8 Å². The van der Waals surface area contributed by atoms with Crippen LogP contribution in [0, 0.1) is 0 Å². The number of carbonyl (C=O) groups is 1. The third-order valence-electron chi connectivity index (χ3n) is 1.49. The van der Waals surface area contributed by atoms with E-state index in [2.05, 4.69) is 25.7 Å². The molecule has 0 aromatic carbocycles. The molecule has 1 heterocycles. The van der Waals surface area contributed by atoms with Crippen LogP contribution < -0.4 is 0 Å². The third-order valence-corrected chi connectivity index (χ3v) is 2.88. The van der Waals surface area contributed by atoms with Crippen LogP contribution in [0.15, 0.2) is 9.30 Å². The van der Waals surface area contributed by atoms with Gasteiger partial charge in [0.25, 0.3) is 0 Å². The highest BCUT2D eigenvalue weighted by molar-refractivity contribution is 9.11. The number of ether oxygens (including phenoxy) is 1. The smallest absolute Gasteiger partial charge is 0.314 e. The minimum atomic E-state index is -0.280. The predicted molar refractivity (Wildman–Crippen MR) is 50.2 cm³/mol. The molecule has 0 aliphatic carbocycles. The van der Waals surface area contributed by atoms with Crippen LogP contribution in [-0.2, 0) is 9.53 Å². The Hall–Kier alpha value is -0.420. The summed E-state index contributed by atoms with van der Waals surface area (Å²) in [6, 6.07) is 0. The van der Waals surface area contributed by atoms with Crippen LogP contribution in [0.3, 0.4) is 0 Å². The Bertz CT molecular complexity index is 287. The normalized spacial score (nSPS) is 12.6. The van der Waals surface area contributed by atoms with Crippen LogP contribution >= 0.6 is 27.3 Å². The van der Waals surface area contributed by atoms with E-state index in [4.69, 9.17) is 0 Å². The van der Waals surface area contributed by atoms with Gasteiger partial charge in [-0.1, -0.05) is 0 Å². The summed E-state index contributed by atoms with van der Waals surface area (Å²) in [5, 5.41) is 1.84. The van der Waals surface area contributed by atoms with Crippen molar-refractivity contribution >= 4 is 33.2 Å². The molecule has 0 amide bonds. The van der Waals surface area contributed by atoms with Gasteiger partial charge in [-0.3, -0.25) is 4.79 Å². The van der Waals surface area contributed by atoms with Crippen LogP contribution in [-0.4, -0.2) is 18.1 Å². The highest BCUT2D eigenvalue weighted by Crippen LogP contribution is 2.22. The summed E-state index contributed by atoms with van der Waals surface area (Å²) in [5.41, 5.74) is 0.749. The summed E-state index contributed by atoms with van der Waals surface area (Å²) in [5.74, 6) is -0.537. The number of thiazole rings is 1. The zero-order valence-electron chi connectivity index (χ0n) is 6.70. The van der Waals surface area contributed by atoms with Gasteiger partial charge in [0.05, 0.1) is 18.7 Å². The van der Waals surface area contributed by atoms with E-state index in [0.29, 0.717) is 0 Å². The van der Waals surface area contributed by atoms with E-state index in [0.717, 1.165) is 9.61 Å². The monoisotopic (exact) mass is 249 g/mol. The highest BCUT2D eigenvalue weighted by Gasteiger charge is 2.17. The van der Waals surface area contributed by atoms with Gasteiger partial charge in [0.15, 0.2) is 3.92 Å². The van der Waals surface area contributed by atoms with Gasteiger partial charge in [0.2, 0.25) is 0 Å². The lowest BCUT2D eigenvalue weighted by Gasteiger charge is -2.04. The number of hydrogen-bond acceptors (Lipinski definition) is 4. The standard InChI is InChI=1S/C7H8BrNO2S/c1-4(6(10)11-2)5-3-12-7(8)9-5/h3-4H,1-2H3. The summed E-state index contributed by atoms with van der Waals surface area (Å²) in [6.07, 6.45) is 0. The largest absolute Gasteiger partial charge is 0.469 e. The minimum absolute atomic E-state index is 0.257. The molecule has 0 radical (unpaired) electrons. The van der Waals surface area contributed by atoms with Gasteiger partial charge in [-0.2, -0.15) is 0 Å². The quantitative estimate of drug-likeness (QED) is 0.755. The molecule has 5 heteroatoms. The zero-order chi connectivity index (χ0) is 9.14. The SMILES string of the molecule is COC(=O)C(C)c1csc(Br)n1. The van der Waals surface area contributed by atoms with Gasteiger partial charge < -0.3 is 4.74 Å². The fourth-order valence-electron chi connectivity index (χ4n) is 0.760. The number of methoxy groups -OCH3 is 1. The van der Waals surface area contributed by atoms with Gasteiger partial charge in [-0.05, 0) is 22.9 Å². The molecule has 12 heavy (non-hydrogen) atoms. The van der Waals surface area contributed by atoms with E-state index >= 15 is 0 Å². The molecule has 0 spiro atoms. The van der Waals surface area contributed by atoms with E-state index < -0.39 is 0 Å². The Balaban J connectivity index is 2.77. The lowest BCUT2D eigenvalue weighted by Crippen LogP contribution is -2.10. The van der Waals surface area contributed by atoms with E-state index in [1.54, 1.807) is 6.92 Å². The lowest BCUT2D eigenvalue weighted by molar-refractivity contribution is -0.142. The second-order valence-corrected chi connectivity index (χ2v) is 4.40. The Morgan fingerprint density at radius 1 is 1.83 bits per heavy atom. The molecule has 0 bridgehead atoms. The first kappa shape index (κ1) is 9.67. The molecule has 1 aromatic rings. The van der Waals surface area contributed by atoms with E-state index in [-0.39, 0.29) is 11.9 Å². The molecule has 3 nitrogen and oxygen atoms in total. The highest BCUT2D eigenvalue weighted by atomic mass is 79.9. The molecular formula is C7H8BrNO2S. The number of nitrogens with zero attached hydrogens (tertiary/aromatic N) is 1. The van der Waals surface area contributed by atoms with Crippen molar-refractivity contribution in [3.63, 3.8) is 0 Å². The first-order chi connectivity index (χ1) is 5.65. The van der Waals surface area contributed by atoms with Crippen molar-refractivity contribution in [1.29, 1.82) is 0 Å². The van der Waals surface area contributed by atoms with Gasteiger partial charge in [-0.15, -0.1) is 11.3 Å². The molecule has 0 saturated carbocycles. The second kappa shape index (κ2) is 4.00. The van der Waals surface area contributed by atoms with Gasteiger partial charge >= 0.3 is 5.97 Å². The fourth-order valence-corrected chi connectivity index (χ4v) is 1.88. The molecule has 0 aliphatic rings. The van der Waals surface area contributed by atoms with Crippen LogP contribution in [0.25, 0.3) is 0 Å². The van der Waals surface area contributed by atoms with Crippen molar-refractivity contribution in [3.8, 4) is 0 Å². The average molecular weight is 250 g/mol. The maximum absolute atomic E-state index is 11.0. The Morgan fingerprint density at radius 3 is 2.92 bits per heavy atom. The molecule has 0 fully saturated rings. The minimum Gasteiger partial charge on any atom is -0.469 e. The Morgan fingerprint density at radius 2 is 2.50 bits per heavy atom. The van der Waals surface area contributed by atoms with Crippen molar-refractivity contribution in [3.05, 3.63) is 15.0 Å². The summed E-state index contributed by atoms with van der Waals surface area (Å²) >= 11 is 4.69. The van der Waals surface area contributed by atoms with Crippen LogP contribution in [0.2, 0.25) is 0 Å². The average Bonchev–Trinajstić information content (AvgIpc) is 2.49. The number of rotatable bonds is 2. The first-order valence-electron chi connectivity index (χ1n) is 3.34. The Labute approximate surface area is 82.9 Å². The fraction of sp³-hybridized carbons (Fsp3) is 0.429. The summed E-state index contributed by atoms with van der Waals surface area (Å²) in [4.78, 5) is 15.2. The van der Waals surface area contributed by atoms with Gasteiger partial charge in [-0.25, -0.2) is 4.98 Å². The number of halogens is 1. The van der Waals surface area contributed by atoms with E-state index in [1.807, 2.05) is 5.38 Å². The molecule has 1 rings (SSSR count). The first-order valence-corrected chi connectivity index (χ1v) is 5.01. The predicted octanol–water partition coefficient (Wildman–Crippen LogP) is 2.18. The van der Waals surface area contributed by atoms with Crippen LogP contribution in [0.1, 0.15) is 18.5 Å². The van der Waals surface area contributed by atoms with Crippen molar-refractivity contribution < 1.29 is 9.53 Å². The molecule has 0 N–H and O–H groups in total. The summed E-state index contributed by atoms with van der Waals surface area (Å²) in [6.45, 7) is 1.77. The lowest BCUT2D eigenvalue weighted by atomic mass is 10.1. The van der Waals surface area contributed by atoms with E-state index in [1.165, 1.54) is 18.4 Å². The van der Waals surface area contributed by atoms with Crippen molar-refractivity contribution in [2.75, 3.05) is 7.11 Å². The summed E-state index contributed by atoms with van der Waals surface area (Å²) in [7, 11) is 1.38. The number of aromatic nitrogens is 1. The van der Waals surface area contributed by atoms with E-state index in [9.17, 15) is 4.79 Å². The topological polar surface area (TPSA) is 39.2 Å². The molecule has 66 valence electrons. The molecule has 0 saturated heterocycles. The molecule has 0 aliphatic heterocycles. The van der Waals surface area contributed by atoms with Gasteiger partial charge in [0, 0.05) is 5.38 Å². The molecule has 1 aromatic heterocycles.